The lowest BCUT2D eigenvalue weighted by atomic mass is 9.85. The van der Waals surface area contributed by atoms with Crippen LogP contribution >= 0.6 is 0 Å². The molecule has 0 aliphatic heterocycles. The zero-order valence-electron chi connectivity index (χ0n) is 13.2. The average Bonchev–Trinajstić information content (AvgIpc) is 2.58. The van der Waals surface area contributed by atoms with Crippen molar-refractivity contribution in [1.29, 1.82) is 0 Å². The van der Waals surface area contributed by atoms with E-state index < -0.39 is 0 Å². The molecular weight excluding hydrogens is 246 g/mol. The van der Waals surface area contributed by atoms with Crippen LogP contribution in [0.4, 0.5) is 0 Å². The van der Waals surface area contributed by atoms with Gasteiger partial charge in [0.1, 0.15) is 5.75 Å². The molecule has 0 bridgehead atoms. The summed E-state index contributed by atoms with van der Waals surface area (Å²) in [5, 5.41) is 3.73. The molecule has 1 atom stereocenters. The van der Waals surface area contributed by atoms with Crippen LogP contribution in [0.1, 0.15) is 58.4 Å². The van der Waals surface area contributed by atoms with E-state index >= 15 is 0 Å². The predicted molar refractivity (Wildman–Crippen MR) is 85.1 cm³/mol. The van der Waals surface area contributed by atoms with Gasteiger partial charge in [-0.1, -0.05) is 32.4 Å². The molecule has 0 heterocycles. The lowest BCUT2D eigenvalue weighted by molar-refractivity contribution is 0.309. The SMILES string of the molecule is CCOc1cccc(CNC2CCCC(C)(C)CC2)c1. The molecule has 1 fully saturated rings. The summed E-state index contributed by atoms with van der Waals surface area (Å²) in [5.74, 6) is 0.980. The summed E-state index contributed by atoms with van der Waals surface area (Å²) in [5.41, 5.74) is 1.85. The molecular formula is C18H29NO. The van der Waals surface area contributed by atoms with Crippen molar-refractivity contribution in [3.63, 3.8) is 0 Å². The van der Waals surface area contributed by atoms with Gasteiger partial charge in [0, 0.05) is 12.6 Å². The lowest BCUT2D eigenvalue weighted by Crippen LogP contribution is -2.28. The van der Waals surface area contributed by atoms with E-state index in [2.05, 4.69) is 37.4 Å². The second-order valence-electron chi connectivity index (χ2n) is 6.75. The molecule has 20 heavy (non-hydrogen) atoms. The molecule has 2 rings (SSSR count). The molecule has 0 radical (unpaired) electrons. The Morgan fingerprint density at radius 2 is 2.10 bits per heavy atom. The number of benzene rings is 1. The van der Waals surface area contributed by atoms with Crippen molar-refractivity contribution in [3.05, 3.63) is 29.8 Å². The Kier molecular flexibility index (Phi) is 5.47. The third kappa shape index (κ3) is 4.82. The van der Waals surface area contributed by atoms with Crippen molar-refractivity contribution >= 4 is 0 Å². The highest BCUT2D eigenvalue weighted by atomic mass is 16.5. The Hall–Kier alpha value is -1.02. The molecule has 2 nitrogen and oxygen atoms in total. The summed E-state index contributed by atoms with van der Waals surface area (Å²) in [6.45, 7) is 8.51. The number of ether oxygens (including phenoxy) is 1. The minimum atomic E-state index is 0.533. The van der Waals surface area contributed by atoms with Gasteiger partial charge in [0.25, 0.3) is 0 Å². The van der Waals surface area contributed by atoms with Gasteiger partial charge in [0.05, 0.1) is 6.61 Å². The van der Waals surface area contributed by atoms with Crippen molar-refractivity contribution < 1.29 is 4.74 Å². The fourth-order valence-electron chi connectivity index (χ4n) is 3.04. The van der Waals surface area contributed by atoms with Gasteiger partial charge in [-0.15, -0.1) is 0 Å². The molecule has 0 aromatic heterocycles. The minimum absolute atomic E-state index is 0.533. The van der Waals surface area contributed by atoms with Gasteiger partial charge in [-0.25, -0.2) is 0 Å². The smallest absolute Gasteiger partial charge is 0.119 e. The van der Waals surface area contributed by atoms with Crippen molar-refractivity contribution in [2.45, 2.75) is 65.5 Å². The van der Waals surface area contributed by atoms with Crippen LogP contribution in [0.5, 0.6) is 5.75 Å². The predicted octanol–water partition coefficient (Wildman–Crippen LogP) is 4.53. The summed E-state index contributed by atoms with van der Waals surface area (Å²) in [6.07, 6.45) is 6.67. The van der Waals surface area contributed by atoms with E-state index in [9.17, 15) is 0 Å². The van der Waals surface area contributed by atoms with Gasteiger partial charge in [-0.3, -0.25) is 0 Å². The Morgan fingerprint density at radius 3 is 2.90 bits per heavy atom. The quantitative estimate of drug-likeness (QED) is 0.797. The molecule has 1 unspecified atom stereocenters. The van der Waals surface area contributed by atoms with Gasteiger partial charge in [0.15, 0.2) is 0 Å². The summed E-state index contributed by atoms with van der Waals surface area (Å²) in [6, 6.07) is 9.11. The van der Waals surface area contributed by atoms with Crippen LogP contribution < -0.4 is 10.1 Å². The average molecular weight is 275 g/mol. The first-order valence-corrected chi connectivity index (χ1v) is 8.04. The Bertz CT molecular complexity index is 414. The highest BCUT2D eigenvalue weighted by Crippen LogP contribution is 2.33. The van der Waals surface area contributed by atoms with Crippen LogP contribution in [0.15, 0.2) is 24.3 Å². The fourth-order valence-corrected chi connectivity index (χ4v) is 3.04. The largest absolute Gasteiger partial charge is 0.494 e. The van der Waals surface area contributed by atoms with E-state index in [1.165, 1.54) is 37.7 Å². The van der Waals surface area contributed by atoms with Crippen LogP contribution in [-0.4, -0.2) is 12.6 Å². The maximum Gasteiger partial charge on any atom is 0.119 e. The Labute approximate surface area is 123 Å². The summed E-state index contributed by atoms with van der Waals surface area (Å²) in [7, 11) is 0. The molecule has 0 spiro atoms. The molecule has 1 aromatic carbocycles. The zero-order chi connectivity index (χ0) is 14.4. The van der Waals surface area contributed by atoms with E-state index in [0.717, 1.165) is 18.9 Å². The molecule has 0 saturated heterocycles. The van der Waals surface area contributed by atoms with Gasteiger partial charge in [0.2, 0.25) is 0 Å². The minimum Gasteiger partial charge on any atom is -0.494 e. The van der Waals surface area contributed by atoms with Crippen LogP contribution in [-0.2, 0) is 6.54 Å². The van der Waals surface area contributed by atoms with E-state index in [-0.39, 0.29) is 0 Å². The van der Waals surface area contributed by atoms with E-state index in [1.807, 2.05) is 13.0 Å². The Morgan fingerprint density at radius 1 is 1.25 bits per heavy atom. The third-order valence-electron chi connectivity index (χ3n) is 4.38. The summed E-state index contributed by atoms with van der Waals surface area (Å²) < 4.78 is 5.56. The molecule has 1 aliphatic rings. The first-order chi connectivity index (χ1) is 9.59. The van der Waals surface area contributed by atoms with Gasteiger partial charge >= 0.3 is 0 Å². The molecule has 1 aliphatic carbocycles. The molecule has 1 aromatic rings. The van der Waals surface area contributed by atoms with Crippen molar-refractivity contribution in [1.82, 2.24) is 5.32 Å². The van der Waals surface area contributed by atoms with E-state index in [4.69, 9.17) is 4.74 Å². The van der Waals surface area contributed by atoms with Crippen molar-refractivity contribution in [3.8, 4) is 5.75 Å². The molecule has 1 saturated carbocycles. The van der Waals surface area contributed by atoms with E-state index in [1.54, 1.807) is 0 Å². The first-order valence-electron chi connectivity index (χ1n) is 8.04. The number of nitrogens with one attached hydrogen (secondary N) is 1. The maximum absolute atomic E-state index is 5.56. The maximum atomic E-state index is 5.56. The summed E-state index contributed by atoms with van der Waals surface area (Å²) >= 11 is 0. The molecule has 112 valence electrons. The number of hydrogen-bond donors (Lipinski definition) is 1. The van der Waals surface area contributed by atoms with Gasteiger partial charge in [-0.2, -0.15) is 0 Å². The van der Waals surface area contributed by atoms with Crippen LogP contribution in [0, 0.1) is 5.41 Å². The number of hydrogen-bond acceptors (Lipinski definition) is 2. The monoisotopic (exact) mass is 275 g/mol. The van der Waals surface area contributed by atoms with Crippen molar-refractivity contribution in [2.75, 3.05) is 6.61 Å². The highest BCUT2D eigenvalue weighted by molar-refractivity contribution is 5.28. The second kappa shape index (κ2) is 7.12. The van der Waals surface area contributed by atoms with Crippen molar-refractivity contribution in [2.24, 2.45) is 5.41 Å². The standard InChI is InChI=1S/C18H29NO/c1-4-20-17-9-5-7-15(13-17)14-19-16-8-6-11-18(2,3)12-10-16/h5,7,9,13,16,19H,4,6,8,10-12,14H2,1-3H3. The zero-order valence-corrected chi connectivity index (χ0v) is 13.2. The van der Waals surface area contributed by atoms with Gasteiger partial charge < -0.3 is 10.1 Å². The Balaban J connectivity index is 1.84. The molecule has 0 amide bonds. The summed E-state index contributed by atoms with van der Waals surface area (Å²) in [4.78, 5) is 0. The fraction of sp³-hybridized carbons (Fsp3) is 0.667. The second-order valence-corrected chi connectivity index (χ2v) is 6.75. The third-order valence-corrected chi connectivity index (χ3v) is 4.38. The molecule has 1 N–H and O–H groups in total. The normalized spacial score (nSPS) is 22.2. The molecule has 2 heteroatoms. The van der Waals surface area contributed by atoms with Crippen LogP contribution in [0.3, 0.4) is 0 Å². The topological polar surface area (TPSA) is 21.3 Å². The van der Waals surface area contributed by atoms with Crippen LogP contribution in [0.2, 0.25) is 0 Å². The van der Waals surface area contributed by atoms with Crippen LogP contribution in [0.25, 0.3) is 0 Å². The lowest BCUT2D eigenvalue weighted by Gasteiger charge is -2.22. The number of rotatable bonds is 5. The highest BCUT2D eigenvalue weighted by Gasteiger charge is 2.23. The van der Waals surface area contributed by atoms with E-state index in [0.29, 0.717) is 11.5 Å². The first kappa shape index (κ1) is 15.4. The van der Waals surface area contributed by atoms with Gasteiger partial charge in [-0.05, 0) is 55.7 Å².